The first-order chi connectivity index (χ1) is 10.9. The molecule has 0 spiro atoms. The lowest BCUT2D eigenvalue weighted by Crippen LogP contribution is -2.57. The number of nitrogens with zero attached hydrogens (tertiary/aromatic N) is 2. The molecule has 1 atom stereocenters. The summed E-state index contributed by atoms with van der Waals surface area (Å²) in [5.41, 5.74) is 4.46. The summed E-state index contributed by atoms with van der Waals surface area (Å²) in [5.74, 6) is -1.14. The van der Waals surface area contributed by atoms with Crippen LogP contribution in [0.4, 0.5) is 0 Å². The lowest BCUT2D eigenvalue weighted by molar-refractivity contribution is -0.140. The number of pyridine rings is 1. The highest BCUT2D eigenvalue weighted by Crippen LogP contribution is 2.27. The Hall–Kier alpha value is -2.18. The topological polar surface area (TPSA) is 96.5 Å². The molecule has 0 aliphatic carbocycles. The quantitative estimate of drug-likeness (QED) is 0.866. The molecule has 2 heterocycles. The summed E-state index contributed by atoms with van der Waals surface area (Å²) in [6.45, 7) is 0.317. The number of fused-ring (bicyclic) bond motifs is 1. The number of likely N-dealkylation sites (tertiary alicyclic amines) is 1. The van der Waals surface area contributed by atoms with Crippen molar-refractivity contribution in [1.82, 2.24) is 9.88 Å². The number of rotatable bonds is 2. The molecule has 120 valence electrons. The number of primary amides is 1. The van der Waals surface area contributed by atoms with Crippen LogP contribution in [0.3, 0.4) is 0 Å². The largest absolute Gasteiger partial charge is 0.378 e. The van der Waals surface area contributed by atoms with Gasteiger partial charge in [-0.05, 0) is 31.0 Å². The van der Waals surface area contributed by atoms with Gasteiger partial charge in [0.15, 0.2) is 5.60 Å². The molecule has 1 aromatic heterocycles. The van der Waals surface area contributed by atoms with Gasteiger partial charge in [-0.25, -0.2) is 0 Å². The first-order valence-electron chi connectivity index (χ1n) is 7.26. The Morgan fingerprint density at radius 2 is 2.17 bits per heavy atom. The number of aromatic nitrogens is 1. The van der Waals surface area contributed by atoms with Crippen molar-refractivity contribution in [2.24, 2.45) is 5.73 Å². The number of benzene rings is 1. The first-order valence-corrected chi connectivity index (χ1v) is 7.64. The number of β-amino-alcohol motifs (C(OH)–C–C–N with tert-alkyl or cyclic N) is 1. The summed E-state index contributed by atoms with van der Waals surface area (Å²) in [6, 6.07) is 6.87. The van der Waals surface area contributed by atoms with Crippen molar-refractivity contribution in [2.45, 2.75) is 18.4 Å². The number of piperidine rings is 1. The molecule has 1 aliphatic heterocycles. The second-order valence-electron chi connectivity index (χ2n) is 5.75. The van der Waals surface area contributed by atoms with E-state index in [-0.39, 0.29) is 18.9 Å². The summed E-state index contributed by atoms with van der Waals surface area (Å²) in [7, 11) is 0. The van der Waals surface area contributed by atoms with Gasteiger partial charge in [0.05, 0.1) is 17.6 Å². The normalized spacial score (nSPS) is 21.4. The van der Waals surface area contributed by atoms with E-state index in [0.29, 0.717) is 29.1 Å². The van der Waals surface area contributed by atoms with Gasteiger partial charge in [-0.3, -0.25) is 14.6 Å². The van der Waals surface area contributed by atoms with Gasteiger partial charge < -0.3 is 15.7 Å². The SMILES string of the molecule is NC(=O)[C@]1(O)CCCN(C(=O)c2cc(Cl)cc3cccnc23)C1. The molecule has 6 nitrogen and oxygen atoms in total. The van der Waals surface area contributed by atoms with E-state index in [0.717, 1.165) is 5.39 Å². The Balaban J connectivity index is 1.99. The molecule has 3 rings (SSSR count). The average Bonchev–Trinajstić information content (AvgIpc) is 2.53. The van der Waals surface area contributed by atoms with Gasteiger partial charge in [-0.1, -0.05) is 17.7 Å². The second kappa shape index (κ2) is 5.79. The van der Waals surface area contributed by atoms with Crippen molar-refractivity contribution in [3.8, 4) is 0 Å². The van der Waals surface area contributed by atoms with Crippen LogP contribution in [0.1, 0.15) is 23.2 Å². The van der Waals surface area contributed by atoms with E-state index in [4.69, 9.17) is 17.3 Å². The monoisotopic (exact) mass is 333 g/mol. The van der Waals surface area contributed by atoms with Gasteiger partial charge in [-0.15, -0.1) is 0 Å². The van der Waals surface area contributed by atoms with E-state index < -0.39 is 11.5 Å². The Morgan fingerprint density at radius 3 is 2.91 bits per heavy atom. The van der Waals surface area contributed by atoms with Gasteiger partial charge in [-0.2, -0.15) is 0 Å². The van der Waals surface area contributed by atoms with Gasteiger partial charge in [0, 0.05) is 23.2 Å². The molecule has 7 heteroatoms. The third-order valence-corrected chi connectivity index (χ3v) is 4.33. The van der Waals surface area contributed by atoms with Crippen molar-refractivity contribution in [2.75, 3.05) is 13.1 Å². The summed E-state index contributed by atoms with van der Waals surface area (Å²) in [5, 5.41) is 11.5. The van der Waals surface area contributed by atoms with E-state index in [9.17, 15) is 14.7 Å². The zero-order valence-electron chi connectivity index (χ0n) is 12.3. The molecule has 0 bridgehead atoms. The Kier molecular flexibility index (Phi) is 3.95. The molecule has 1 aliphatic rings. The van der Waals surface area contributed by atoms with Crippen LogP contribution in [0.15, 0.2) is 30.5 Å². The van der Waals surface area contributed by atoms with E-state index >= 15 is 0 Å². The highest BCUT2D eigenvalue weighted by molar-refractivity contribution is 6.32. The highest BCUT2D eigenvalue weighted by Gasteiger charge is 2.40. The lowest BCUT2D eigenvalue weighted by Gasteiger charge is -2.37. The minimum absolute atomic E-state index is 0.123. The number of hydrogen-bond acceptors (Lipinski definition) is 4. The van der Waals surface area contributed by atoms with Gasteiger partial charge in [0.2, 0.25) is 0 Å². The minimum Gasteiger partial charge on any atom is -0.378 e. The number of aliphatic hydroxyl groups is 1. The number of nitrogens with two attached hydrogens (primary N) is 1. The number of amides is 2. The molecule has 0 saturated carbocycles. The molecule has 1 fully saturated rings. The fourth-order valence-corrected chi connectivity index (χ4v) is 3.13. The van der Waals surface area contributed by atoms with Crippen LogP contribution in [-0.2, 0) is 4.79 Å². The molecule has 23 heavy (non-hydrogen) atoms. The fraction of sp³-hybridized carbons (Fsp3) is 0.312. The molecule has 1 aromatic carbocycles. The van der Waals surface area contributed by atoms with Crippen molar-refractivity contribution in [1.29, 1.82) is 0 Å². The lowest BCUT2D eigenvalue weighted by atomic mass is 9.91. The van der Waals surface area contributed by atoms with E-state index in [1.807, 2.05) is 6.07 Å². The van der Waals surface area contributed by atoms with Crippen LogP contribution in [0.25, 0.3) is 10.9 Å². The number of carbonyl (C=O) groups excluding carboxylic acids is 2. The number of halogens is 1. The summed E-state index contributed by atoms with van der Waals surface area (Å²) in [6.07, 6.45) is 2.35. The number of carbonyl (C=O) groups is 2. The van der Waals surface area contributed by atoms with Crippen molar-refractivity contribution < 1.29 is 14.7 Å². The molecule has 2 aromatic rings. The van der Waals surface area contributed by atoms with E-state index in [1.165, 1.54) is 4.90 Å². The fourth-order valence-electron chi connectivity index (χ4n) is 2.90. The molecular formula is C16H16ClN3O3. The smallest absolute Gasteiger partial charge is 0.256 e. The predicted octanol–water partition coefficient (Wildman–Crippen LogP) is 1.34. The van der Waals surface area contributed by atoms with Gasteiger partial charge in [0.1, 0.15) is 0 Å². The second-order valence-corrected chi connectivity index (χ2v) is 6.19. The maximum atomic E-state index is 12.8. The molecule has 0 unspecified atom stereocenters. The molecule has 3 N–H and O–H groups in total. The van der Waals surface area contributed by atoms with Crippen LogP contribution in [-0.4, -0.2) is 45.5 Å². The summed E-state index contributed by atoms with van der Waals surface area (Å²) < 4.78 is 0. The van der Waals surface area contributed by atoms with Gasteiger partial charge in [0.25, 0.3) is 11.8 Å². The van der Waals surface area contributed by atoms with Gasteiger partial charge >= 0.3 is 0 Å². The first kappa shape index (κ1) is 15.7. The van der Waals surface area contributed by atoms with Crippen molar-refractivity contribution >= 4 is 34.3 Å². The highest BCUT2D eigenvalue weighted by atomic mass is 35.5. The Bertz CT molecular complexity index is 795. The third-order valence-electron chi connectivity index (χ3n) is 4.12. The van der Waals surface area contributed by atoms with Crippen LogP contribution < -0.4 is 5.73 Å². The molecule has 2 amide bonds. The van der Waals surface area contributed by atoms with Crippen LogP contribution in [0.5, 0.6) is 0 Å². The van der Waals surface area contributed by atoms with Crippen molar-refractivity contribution in [3.63, 3.8) is 0 Å². The summed E-state index contributed by atoms with van der Waals surface area (Å²) in [4.78, 5) is 30.0. The standard InChI is InChI=1S/C16H16ClN3O3/c17-11-7-10-3-1-5-19-13(10)12(8-11)14(21)20-6-2-4-16(23,9-20)15(18)22/h1,3,5,7-8,23H,2,4,6,9H2,(H2,18,22)/t16-/m0/s1. The predicted molar refractivity (Wildman–Crippen MR) is 86.0 cm³/mol. The average molecular weight is 334 g/mol. The molecule has 0 radical (unpaired) electrons. The summed E-state index contributed by atoms with van der Waals surface area (Å²) >= 11 is 6.09. The molecular weight excluding hydrogens is 318 g/mol. The van der Waals surface area contributed by atoms with Crippen LogP contribution in [0.2, 0.25) is 5.02 Å². The Morgan fingerprint density at radius 1 is 1.39 bits per heavy atom. The van der Waals surface area contributed by atoms with E-state index in [2.05, 4.69) is 4.98 Å². The van der Waals surface area contributed by atoms with E-state index in [1.54, 1.807) is 24.4 Å². The Labute approximate surface area is 137 Å². The zero-order valence-corrected chi connectivity index (χ0v) is 13.1. The minimum atomic E-state index is -1.68. The maximum absolute atomic E-state index is 12.8. The van der Waals surface area contributed by atoms with Crippen LogP contribution >= 0.6 is 11.6 Å². The third kappa shape index (κ3) is 2.87. The van der Waals surface area contributed by atoms with Crippen LogP contribution in [0, 0.1) is 0 Å². The zero-order chi connectivity index (χ0) is 16.6. The number of hydrogen-bond donors (Lipinski definition) is 2. The van der Waals surface area contributed by atoms with Crippen molar-refractivity contribution in [3.05, 3.63) is 41.0 Å². The maximum Gasteiger partial charge on any atom is 0.256 e. The molecule has 1 saturated heterocycles.